The van der Waals surface area contributed by atoms with E-state index in [4.69, 9.17) is 4.74 Å². The Balaban J connectivity index is 1.65. The van der Waals surface area contributed by atoms with Crippen LogP contribution in [0.3, 0.4) is 0 Å². The number of likely N-dealkylation sites (tertiary alicyclic amines) is 2. The predicted octanol–water partition coefficient (Wildman–Crippen LogP) is 2.01. The van der Waals surface area contributed by atoms with Gasteiger partial charge in [0.2, 0.25) is 0 Å². The molecule has 7 heteroatoms. The number of carbonyl (C=O) groups is 1. The monoisotopic (exact) mass is 405 g/mol. The highest BCUT2D eigenvalue weighted by atomic mass is 16.5. The molecule has 1 aromatic rings. The van der Waals surface area contributed by atoms with E-state index >= 15 is 0 Å². The zero-order valence-electron chi connectivity index (χ0n) is 18.8. The summed E-state index contributed by atoms with van der Waals surface area (Å²) < 4.78 is 7.01. The molecule has 0 N–H and O–H groups in total. The maximum Gasteiger partial charge on any atom is 0.274 e. The van der Waals surface area contributed by atoms with E-state index in [0.717, 1.165) is 71.0 Å². The minimum atomic E-state index is 0.0958. The molecule has 7 nitrogen and oxygen atoms in total. The van der Waals surface area contributed by atoms with E-state index in [1.54, 1.807) is 11.8 Å². The Morgan fingerprint density at radius 2 is 2.00 bits per heavy atom. The number of rotatable bonds is 9. The van der Waals surface area contributed by atoms with Gasteiger partial charge >= 0.3 is 0 Å². The number of methoxy groups -OCH3 is 1. The molecule has 0 spiro atoms. The molecule has 1 unspecified atom stereocenters. The van der Waals surface area contributed by atoms with Gasteiger partial charge in [0.25, 0.3) is 5.91 Å². The molecule has 1 atom stereocenters. The largest absolute Gasteiger partial charge is 0.383 e. The summed E-state index contributed by atoms with van der Waals surface area (Å²) in [6.45, 7) is 12.1. The van der Waals surface area contributed by atoms with Crippen molar-refractivity contribution >= 4 is 5.91 Å². The molecular formula is C22H39N5O2. The third-order valence-electron chi connectivity index (χ3n) is 6.75. The first-order valence-corrected chi connectivity index (χ1v) is 11.3. The Morgan fingerprint density at radius 3 is 2.62 bits per heavy atom. The van der Waals surface area contributed by atoms with Crippen LogP contribution in [0.1, 0.15) is 48.8 Å². The summed E-state index contributed by atoms with van der Waals surface area (Å²) in [5.74, 6) is 0.664. The zero-order chi connectivity index (χ0) is 20.8. The SMILES string of the molecule is CCN1CCCC1CN(CC1CCN(CCOC)CC1)C(=O)c1cc(C)n(C)n1. The average Bonchev–Trinajstić information content (AvgIpc) is 3.32. The number of piperidine rings is 1. The second-order valence-corrected chi connectivity index (χ2v) is 8.71. The molecule has 0 radical (unpaired) electrons. The van der Waals surface area contributed by atoms with Crippen LogP contribution in [0, 0.1) is 12.8 Å². The highest BCUT2D eigenvalue weighted by Gasteiger charge is 2.31. The van der Waals surface area contributed by atoms with Crippen LogP contribution in [0.2, 0.25) is 0 Å². The van der Waals surface area contributed by atoms with Gasteiger partial charge in [-0.3, -0.25) is 14.4 Å². The Morgan fingerprint density at radius 1 is 1.24 bits per heavy atom. The summed E-state index contributed by atoms with van der Waals surface area (Å²) >= 11 is 0. The first kappa shape index (κ1) is 22.2. The number of hydrogen-bond donors (Lipinski definition) is 0. The molecule has 2 aliphatic heterocycles. The Bertz CT molecular complexity index is 634. The lowest BCUT2D eigenvalue weighted by atomic mass is 9.95. The molecule has 3 rings (SSSR count). The molecular weight excluding hydrogens is 366 g/mol. The maximum atomic E-state index is 13.4. The summed E-state index contributed by atoms with van der Waals surface area (Å²) in [6.07, 6.45) is 4.73. The minimum Gasteiger partial charge on any atom is -0.383 e. The van der Waals surface area contributed by atoms with Crippen molar-refractivity contribution in [3.05, 3.63) is 17.5 Å². The fraction of sp³-hybridized carbons (Fsp3) is 0.818. The van der Waals surface area contributed by atoms with Crippen molar-refractivity contribution < 1.29 is 9.53 Å². The topological polar surface area (TPSA) is 53.8 Å². The third-order valence-corrected chi connectivity index (χ3v) is 6.75. The van der Waals surface area contributed by atoms with E-state index in [9.17, 15) is 4.79 Å². The van der Waals surface area contributed by atoms with Crippen LogP contribution in [0.4, 0.5) is 0 Å². The number of amides is 1. The standard InChI is InChI=1S/C22H39N5O2/c1-5-26-10-6-7-20(26)17-27(22(28)21-15-18(2)24(3)23-21)16-19-8-11-25(12-9-19)13-14-29-4/h15,19-20H,5-14,16-17H2,1-4H3. The molecule has 0 aliphatic carbocycles. The average molecular weight is 406 g/mol. The van der Waals surface area contributed by atoms with Crippen molar-refractivity contribution in [2.24, 2.45) is 13.0 Å². The quantitative estimate of drug-likeness (QED) is 0.629. The molecule has 2 saturated heterocycles. The van der Waals surface area contributed by atoms with Crippen LogP contribution in [0.5, 0.6) is 0 Å². The summed E-state index contributed by atoms with van der Waals surface area (Å²) in [6, 6.07) is 2.41. The number of nitrogens with zero attached hydrogens (tertiary/aromatic N) is 5. The number of aryl methyl sites for hydroxylation is 2. The number of likely N-dealkylation sites (N-methyl/N-ethyl adjacent to an activating group) is 1. The van der Waals surface area contributed by atoms with E-state index in [2.05, 4.69) is 26.7 Å². The van der Waals surface area contributed by atoms with Gasteiger partial charge in [-0.05, 0) is 70.8 Å². The van der Waals surface area contributed by atoms with Crippen LogP contribution in [-0.4, -0.2) is 96.0 Å². The molecule has 0 saturated carbocycles. The molecule has 2 fully saturated rings. The summed E-state index contributed by atoms with van der Waals surface area (Å²) in [5, 5.41) is 4.47. The van der Waals surface area contributed by atoms with Gasteiger partial charge in [0.15, 0.2) is 5.69 Å². The van der Waals surface area contributed by atoms with Crippen molar-refractivity contribution in [3.8, 4) is 0 Å². The normalized spacial score (nSPS) is 21.7. The molecule has 3 heterocycles. The summed E-state index contributed by atoms with van der Waals surface area (Å²) in [7, 11) is 3.67. The van der Waals surface area contributed by atoms with Crippen molar-refractivity contribution in [2.45, 2.75) is 45.6 Å². The van der Waals surface area contributed by atoms with Crippen molar-refractivity contribution in [2.75, 3.05) is 59.5 Å². The van der Waals surface area contributed by atoms with Gasteiger partial charge < -0.3 is 14.5 Å². The predicted molar refractivity (Wildman–Crippen MR) is 115 cm³/mol. The molecule has 29 heavy (non-hydrogen) atoms. The fourth-order valence-electron chi connectivity index (χ4n) is 4.76. The van der Waals surface area contributed by atoms with E-state index in [-0.39, 0.29) is 5.91 Å². The molecule has 1 aromatic heterocycles. The van der Waals surface area contributed by atoms with Gasteiger partial charge in [0, 0.05) is 45.5 Å². The molecule has 164 valence electrons. The second-order valence-electron chi connectivity index (χ2n) is 8.71. The lowest BCUT2D eigenvalue weighted by molar-refractivity contribution is 0.0610. The first-order chi connectivity index (χ1) is 14.0. The van der Waals surface area contributed by atoms with Gasteiger partial charge in [0.05, 0.1) is 6.61 Å². The number of hydrogen-bond acceptors (Lipinski definition) is 5. The van der Waals surface area contributed by atoms with Crippen LogP contribution in [-0.2, 0) is 11.8 Å². The Hall–Kier alpha value is -1.44. The zero-order valence-corrected chi connectivity index (χ0v) is 18.8. The fourth-order valence-corrected chi connectivity index (χ4v) is 4.76. The number of ether oxygens (including phenoxy) is 1. The molecule has 2 aliphatic rings. The van der Waals surface area contributed by atoms with Crippen molar-refractivity contribution in [3.63, 3.8) is 0 Å². The highest BCUT2D eigenvalue weighted by molar-refractivity contribution is 5.92. The Kier molecular flexibility index (Phi) is 8.09. The molecule has 1 amide bonds. The van der Waals surface area contributed by atoms with E-state index < -0.39 is 0 Å². The van der Waals surface area contributed by atoms with E-state index in [1.165, 1.54) is 12.8 Å². The second kappa shape index (κ2) is 10.5. The molecule has 0 aromatic carbocycles. The smallest absolute Gasteiger partial charge is 0.274 e. The van der Waals surface area contributed by atoms with Gasteiger partial charge in [-0.2, -0.15) is 5.10 Å². The van der Waals surface area contributed by atoms with Gasteiger partial charge in [-0.15, -0.1) is 0 Å². The van der Waals surface area contributed by atoms with Crippen LogP contribution in [0.25, 0.3) is 0 Å². The summed E-state index contributed by atoms with van der Waals surface area (Å²) in [4.78, 5) is 20.5. The first-order valence-electron chi connectivity index (χ1n) is 11.3. The highest BCUT2D eigenvalue weighted by Crippen LogP contribution is 2.23. The van der Waals surface area contributed by atoms with E-state index in [0.29, 0.717) is 17.7 Å². The van der Waals surface area contributed by atoms with Crippen molar-refractivity contribution in [1.82, 2.24) is 24.5 Å². The van der Waals surface area contributed by atoms with E-state index in [1.807, 2.05) is 20.0 Å². The van der Waals surface area contributed by atoms with Crippen molar-refractivity contribution in [1.29, 1.82) is 0 Å². The maximum absolute atomic E-state index is 13.4. The number of aromatic nitrogens is 2. The van der Waals surface area contributed by atoms with Gasteiger partial charge in [-0.1, -0.05) is 6.92 Å². The lowest BCUT2D eigenvalue weighted by Gasteiger charge is -2.36. The van der Waals surface area contributed by atoms with Gasteiger partial charge in [-0.25, -0.2) is 0 Å². The van der Waals surface area contributed by atoms with Gasteiger partial charge in [0.1, 0.15) is 0 Å². The van der Waals surface area contributed by atoms with Crippen LogP contribution < -0.4 is 0 Å². The third kappa shape index (κ3) is 5.80. The summed E-state index contributed by atoms with van der Waals surface area (Å²) in [5.41, 5.74) is 1.61. The van der Waals surface area contributed by atoms with Crippen LogP contribution in [0.15, 0.2) is 6.07 Å². The van der Waals surface area contributed by atoms with Crippen LogP contribution >= 0.6 is 0 Å². The molecule has 0 bridgehead atoms. The minimum absolute atomic E-state index is 0.0958. The Labute approximate surface area is 176 Å². The number of carbonyl (C=O) groups excluding carboxylic acids is 1. The lowest BCUT2D eigenvalue weighted by Crippen LogP contribution is -2.46.